The molecule has 0 unspecified atom stereocenters. The number of fused-ring (bicyclic) bond motifs is 1. The van der Waals surface area contributed by atoms with Crippen LogP contribution < -0.4 is 5.32 Å². The van der Waals surface area contributed by atoms with Crippen LogP contribution in [0.15, 0.2) is 71.9 Å². The number of aliphatic imine (C=N–C) groups is 1. The zero-order chi connectivity index (χ0) is 27.7. The molecule has 0 aliphatic heterocycles. The number of carbonyl (C=O) groups excluding carboxylic acids is 1. The predicted octanol–water partition coefficient (Wildman–Crippen LogP) is 8.25. The SMILES string of the molecule is CC(C)(C)[C@@H]1CCc2c(sc(N=Cc3cccn3-c3ccc([N+](=O)[O-])cc3)c2C(=O)Nc2ccc(Cl)cc2)C1. The van der Waals surface area contributed by atoms with Crippen LogP contribution in [0.2, 0.25) is 5.02 Å². The Labute approximate surface area is 236 Å². The number of hydrogen-bond acceptors (Lipinski definition) is 5. The van der Waals surface area contributed by atoms with Crippen molar-refractivity contribution < 1.29 is 9.72 Å². The fourth-order valence-corrected chi connectivity index (χ4v) is 6.35. The molecule has 2 heterocycles. The first-order chi connectivity index (χ1) is 18.6. The van der Waals surface area contributed by atoms with Gasteiger partial charge in [0.05, 0.1) is 22.4 Å². The summed E-state index contributed by atoms with van der Waals surface area (Å²) < 4.78 is 1.91. The van der Waals surface area contributed by atoms with E-state index in [0.717, 1.165) is 36.2 Å². The van der Waals surface area contributed by atoms with Crippen molar-refractivity contribution >= 4 is 51.4 Å². The van der Waals surface area contributed by atoms with Gasteiger partial charge in [-0.25, -0.2) is 4.99 Å². The number of nitro groups is 1. The maximum absolute atomic E-state index is 13.6. The van der Waals surface area contributed by atoms with E-state index >= 15 is 0 Å². The van der Waals surface area contributed by atoms with E-state index in [1.165, 1.54) is 17.0 Å². The van der Waals surface area contributed by atoms with Crippen LogP contribution in [0.25, 0.3) is 5.69 Å². The van der Waals surface area contributed by atoms with Crippen molar-refractivity contribution in [1.82, 2.24) is 4.57 Å². The van der Waals surface area contributed by atoms with Crippen LogP contribution in [-0.2, 0) is 12.8 Å². The normalized spacial score (nSPS) is 15.3. The number of nitrogens with one attached hydrogen (secondary N) is 1. The molecule has 7 nitrogen and oxygen atoms in total. The van der Waals surface area contributed by atoms with Gasteiger partial charge in [0.25, 0.3) is 11.6 Å². The molecule has 0 saturated carbocycles. The third-order valence-corrected chi connectivity index (χ3v) is 8.65. The summed E-state index contributed by atoms with van der Waals surface area (Å²) in [7, 11) is 0. The van der Waals surface area contributed by atoms with Crippen LogP contribution in [0.5, 0.6) is 0 Å². The molecule has 0 radical (unpaired) electrons. The molecule has 2 aromatic carbocycles. The number of anilines is 1. The first-order valence-corrected chi connectivity index (χ1v) is 14.0. The highest BCUT2D eigenvalue weighted by molar-refractivity contribution is 7.16. The van der Waals surface area contributed by atoms with Crippen molar-refractivity contribution in [1.29, 1.82) is 0 Å². The topological polar surface area (TPSA) is 89.5 Å². The quantitative estimate of drug-likeness (QED) is 0.146. The van der Waals surface area contributed by atoms with E-state index in [4.69, 9.17) is 16.6 Å². The molecule has 0 saturated heterocycles. The van der Waals surface area contributed by atoms with E-state index in [1.807, 2.05) is 22.9 Å². The molecule has 39 heavy (non-hydrogen) atoms. The monoisotopic (exact) mass is 560 g/mol. The van der Waals surface area contributed by atoms with E-state index in [1.54, 1.807) is 53.9 Å². The smallest absolute Gasteiger partial charge is 0.269 e. The Kier molecular flexibility index (Phi) is 7.42. The summed E-state index contributed by atoms with van der Waals surface area (Å²) in [5.41, 5.74) is 4.19. The first-order valence-electron chi connectivity index (χ1n) is 12.8. The largest absolute Gasteiger partial charge is 0.322 e. The van der Waals surface area contributed by atoms with Crippen LogP contribution in [0.1, 0.15) is 53.7 Å². The second kappa shape index (κ2) is 10.8. The summed E-state index contributed by atoms with van der Waals surface area (Å²) in [5, 5.41) is 15.3. The number of carbonyl (C=O) groups is 1. The van der Waals surface area contributed by atoms with Gasteiger partial charge in [0.2, 0.25) is 0 Å². The number of halogens is 1. The molecular formula is C30H29ClN4O3S. The lowest BCUT2D eigenvalue weighted by Crippen LogP contribution is -2.27. The number of non-ortho nitro benzene ring substituents is 1. The van der Waals surface area contributed by atoms with E-state index in [9.17, 15) is 14.9 Å². The summed E-state index contributed by atoms with van der Waals surface area (Å²) in [6.07, 6.45) is 6.43. The molecule has 200 valence electrons. The Hall–Kier alpha value is -3.75. The molecule has 4 aromatic rings. The average molecular weight is 561 g/mol. The van der Waals surface area contributed by atoms with Crippen molar-refractivity contribution in [3.8, 4) is 5.69 Å². The fraction of sp³-hybridized carbons (Fsp3) is 0.267. The number of nitrogens with zero attached hydrogens (tertiary/aromatic N) is 3. The third kappa shape index (κ3) is 5.82. The zero-order valence-corrected chi connectivity index (χ0v) is 23.6. The minimum atomic E-state index is -0.415. The highest BCUT2D eigenvalue weighted by Crippen LogP contribution is 2.45. The first kappa shape index (κ1) is 26.8. The van der Waals surface area contributed by atoms with Gasteiger partial charge in [0.15, 0.2) is 0 Å². The summed E-state index contributed by atoms with van der Waals surface area (Å²) in [4.78, 5) is 30.3. The molecule has 0 spiro atoms. The highest BCUT2D eigenvalue weighted by atomic mass is 35.5. The van der Waals surface area contributed by atoms with Gasteiger partial charge in [-0.2, -0.15) is 0 Å². The van der Waals surface area contributed by atoms with Gasteiger partial charge >= 0.3 is 0 Å². The number of rotatable bonds is 6. The minimum absolute atomic E-state index is 0.0372. The van der Waals surface area contributed by atoms with Crippen molar-refractivity contribution in [3.05, 3.63) is 104 Å². The summed E-state index contributed by atoms with van der Waals surface area (Å²) in [6.45, 7) is 6.82. The number of benzene rings is 2. The summed E-state index contributed by atoms with van der Waals surface area (Å²) in [5.74, 6) is 0.356. The molecular weight excluding hydrogens is 532 g/mol. The fourth-order valence-electron chi connectivity index (χ4n) is 4.96. The second-order valence-electron chi connectivity index (χ2n) is 10.8. The highest BCUT2D eigenvalue weighted by Gasteiger charge is 2.33. The maximum atomic E-state index is 13.6. The summed E-state index contributed by atoms with van der Waals surface area (Å²) >= 11 is 7.61. The Morgan fingerprint density at radius 2 is 1.87 bits per heavy atom. The van der Waals surface area contributed by atoms with Gasteiger partial charge in [0.1, 0.15) is 5.00 Å². The Morgan fingerprint density at radius 3 is 2.54 bits per heavy atom. The van der Waals surface area contributed by atoms with Crippen LogP contribution in [0.3, 0.4) is 0 Å². The molecule has 2 aromatic heterocycles. The van der Waals surface area contributed by atoms with Gasteiger partial charge in [-0.1, -0.05) is 32.4 Å². The molecule has 1 amide bonds. The van der Waals surface area contributed by atoms with Crippen LogP contribution in [0, 0.1) is 21.4 Å². The number of amides is 1. The lowest BCUT2D eigenvalue weighted by atomic mass is 9.72. The van der Waals surface area contributed by atoms with Gasteiger partial charge < -0.3 is 9.88 Å². The van der Waals surface area contributed by atoms with Crippen LogP contribution in [0.4, 0.5) is 16.4 Å². The number of aromatic nitrogens is 1. The standard InChI is InChI=1S/C30H29ClN4O3S/c1-30(2,3)19-6-15-25-26(17-19)39-29(27(25)28(36)33-21-9-7-20(31)8-10-21)32-18-24-5-4-16-34(24)22-11-13-23(14-12-22)35(37)38/h4-5,7-14,16,18-19H,6,15,17H2,1-3H3,(H,33,36)/t19-/m1/s1. The zero-order valence-electron chi connectivity index (χ0n) is 22.0. The summed E-state index contributed by atoms with van der Waals surface area (Å²) in [6, 6.07) is 17.3. The minimum Gasteiger partial charge on any atom is -0.322 e. The molecule has 0 fully saturated rings. The van der Waals surface area contributed by atoms with E-state index < -0.39 is 4.92 Å². The lowest BCUT2D eigenvalue weighted by molar-refractivity contribution is -0.384. The molecule has 0 bridgehead atoms. The number of hydrogen-bond donors (Lipinski definition) is 1. The van der Waals surface area contributed by atoms with Gasteiger partial charge in [-0.15, -0.1) is 11.3 Å². The van der Waals surface area contributed by atoms with Gasteiger partial charge in [0, 0.05) is 39.6 Å². The molecule has 1 N–H and O–H groups in total. The van der Waals surface area contributed by atoms with Crippen molar-refractivity contribution in [3.63, 3.8) is 0 Å². The molecule has 9 heteroatoms. The second-order valence-corrected chi connectivity index (χ2v) is 12.3. The molecule has 1 aliphatic carbocycles. The van der Waals surface area contributed by atoms with E-state index in [2.05, 4.69) is 26.1 Å². The molecule has 1 atom stereocenters. The van der Waals surface area contributed by atoms with Crippen molar-refractivity contribution in [2.75, 3.05) is 5.32 Å². The number of thiophene rings is 1. The van der Waals surface area contributed by atoms with Gasteiger partial charge in [-0.3, -0.25) is 14.9 Å². The Bertz CT molecular complexity index is 1550. The van der Waals surface area contributed by atoms with E-state index in [-0.39, 0.29) is 17.0 Å². The van der Waals surface area contributed by atoms with Crippen LogP contribution >= 0.6 is 22.9 Å². The van der Waals surface area contributed by atoms with Gasteiger partial charge in [-0.05, 0) is 84.7 Å². The van der Waals surface area contributed by atoms with Crippen LogP contribution in [-0.4, -0.2) is 21.6 Å². The Balaban J connectivity index is 1.49. The lowest BCUT2D eigenvalue weighted by Gasteiger charge is -2.33. The van der Waals surface area contributed by atoms with E-state index in [0.29, 0.717) is 27.2 Å². The third-order valence-electron chi connectivity index (χ3n) is 7.23. The molecule has 1 aliphatic rings. The average Bonchev–Trinajstić information content (AvgIpc) is 3.52. The van der Waals surface area contributed by atoms with Crippen molar-refractivity contribution in [2.45, 2.75) is 40.0 Å². The Morgan fingerprint density at radius 1 is 1.15 bits per heavy atom. The van der Waals surface area contributed by atoms with Crippen molar-refractivity contribution in [2.24, 2.45) is 16.3 Å². The maximum Gasteiger partial charge on any atom is 0.269 e. The molecule has 5 rings (SSSR count). The predicted molar refractivity (Wildman–Crippen MR) is 158 cm³/mol. The number of nitro benzene ring substituents is 1.